The van der Waals surface area contributed by atoms with Crippen molar-refractivity contribution >= 4 is 5.91 Å². The van der Waals surface area contributed by atoms with Crippen molar-refractivity contribution in [2.45, 2.75) is 51.5 Å². The zero-order valence-electron chi connectivity index (χ0n) is 12.4. The number of hydrogen-bond acceptors (Lipinski definition) is 2. The second-order valence-electron chi connectivity index (χ2n) is 6.23. The lowest BCUT2D eigenvalue weighted by molar-refractivity contribution is -0.125. The molecule has 2 rings (SSSR count). The van der Waals surface area contributed by atoms with Crippen molar-refractivity contribution in [2.24, 2.45) is 11.1 Å². The number of nitrogens with two attached hydrogens (primary N) is 1. The van der Waals surface area contributed by atoms with Gasteiger partial charge in [-0.25, -0.2) is 0 Å². The molecule has 1 aromatic rings. The Balaban J connectivity index is 1.71. The van der Waals surface area contributed by atoms with Gasteiger partial charge >= 0.3 is 0 Å². The van der Waals surface area contributed by atoms with Gasteiger partial charge in [-0.05, 0) is 50.1 Å². The minimum absolute atomic E-state index is 0.100. The fraction of sp³-hybridized carbons (Fsp3) is 0.588. The van der Waals surface area contributed by atoms with Crippen LogP contribution in [0.25, 0.3) is 0 Å². The van der Waals surface area contributed by atoms with E-state index in [9.17, 15) is 4.79 Å². The molecule has 1 aliphatic carbocycles. The molecule has 1 aromatic carbocycles. The van der Waals surface area contributed by atoms with Crippen LogP contribution >= 0.6 is 0 Å². The molecule has 110 valence electrons. The van der Waals surface area contributed by atoms with Crippen molar-refractivity contribution in [1.82, 2.24) is 5.32 Å². The van der Waals surface area contributed by atoms with Crippen LogP contribution in [-0.2, 0) is 11.2 Å². The average molecular weight is 274 g/mol. The van der Waals surface area contributed by atoms with Crippen molar-refractivity contribution in [1.29, 1.82) is 0 Å². The van der Waals surface area contributed by atoms with Crippen LogP contribution < -0.4 is 11.1 Å². The van der Waals surface area contributed by atoms with E-state index in [-0.39, 0.29) is 17.4 Å². The highest BCUT2D eigenvalue weighted by molar-refractivity contribution is 5.77. The van der Waals surface area contributed by atoms with E-state index in [0.717, 1.165) is 25.7 Å². The molecule has 3 nitrogen and oxygen atoms in total. The third kappa shape index (κ3) is 4.07. The summed E-state index contributed by atoms with van der Waals surface area (Å²) in [4.78, 5) is 12.1. The first kappa shape index (κ1) is 15.0. The summed E-state index contributed by atoms with van der Waals surface area (Å²) >= 11 is 0. The van der Waals surface area contributed by atoms with Gasteiger partial charge in [0.05, 0.1) is 0 Å². The maximum atomic E-state index is 12.1. The molecule has 0 saturated heterocycles. The fourth-order valence-electron chi connectivity index (χ4n) is 2.90. The van der Waals surface area contributed by atoms with E-state index >= 15 is 0 Å². The van der Waals surface area contributed by atoms with E-state index in [1.807, 2.05) is 6.07 Å². The second kappa shape index (κ2) is 6.89. The van der Waals surface area contributed by atoms with Gasteiger partial charge in [0.15, 0.2) is 0 Å². The molecule has 1 aliphatic rings. The summed E-state index contributed by atoms with van der Waals surface area (Å²) in [5.74, 6) is 0.163. The summed E-state index contributed by atoms with van der Waals surface area (Å²) in [7, 11) is 0. The van der Waals surface area contributed by atoms with E-state index in [2.05, 4.69) is 36.5 Å². The Labute approximate surface area is 121 Å². The lowest BCUT2D eigenvalue weighted by Gasteiger charge is -2.40. The molecular weight excluding hydrogens is 248 g/mol. The summed E-state index contributed by atoms with van der Waals surface area (Å²) in [6.45, 7) is 2.72. The highest BCUT2D eigenvalue weighted by atomic mass is 16.1. The number of carbonyl (C=O) groups excluding carboxylic acids is 1. The summed E-state index contributed by atoms with van der Waals surface area (Å²) in [5.41, 5.74) is 7.23. The third-order valence-corrected chi connectivity index (χ3v) is 4.50. The molecule has 3 N–H and O–H groups in total. The van der Waals surface area contributed by atoms with Crippen molar-refractivity contribution in [2.75, 3.05) is 6.54 Å². The Morgan fingerprint density at radius 3 is 2.60 bits per heavy atom. The Morgan fingerprint density at radius 2 is 2.05 bits per heavy atom. The number of amides is 1. The smallest absolute Gasteiger partial charge is 0.220 e. The number of rotatable bonds is 7. The van der Waals surface area contributed by atoms with Crippen molar-refractivity contribution in [3.63, 3.8) is 0 Å². The van der Waals surface area contributed by atoms with Crippen LogP contribution in [0.5, 0.6) is 0 Å². The predicted octanol–water partition coefficient (Wildman–Crippen LogP) is 2.64. The van der Waals surface area contributed by atoms with E-state index in [4.69, 9.17) is 5.73 Å². The molecule has 1 saturated carbocycles. The predicted molar refractivity (Wildman–Crippen MR) is 82.3 cm³/mol. The number of nitrogens with one attached hydrogen (secondary N) is 1. The number of carbonyl (C=O) groups is 1. The highest BCUT2D eigenvalue weighted by Gasteiger charge is 2.37. The summed E-state index contributed by atoms with van der Waals surface area (Å²) in [6.07, 6.45) is 6.01. The highest BCUT2D eigenvalue weighted by Crippen LogP contribution is 2.42. The normalized spacial score (nSPS) is 18.1. The van der Waals surface area contributed by atoms with Gasteiger partial charge in [-0.1, -0.05) is 36.8 Å². The van der Waals surface area contributed by atoms with Crippen LogP contribution in [0.4, 0.5) is 0 Å². The van der Waals surface area contributed by atoms with Crippen LogP contribution in [0, 0.1) is 5.41 Å². The molecule has 0 bridgehead atoms. The first-order valence-electron chi connectivity index (χ1n) is 7.67. The summed E-state index contributed by atoms with van der Waals surface area (Å²) < 4.78 is 0. The van der Waals surface area contributed by atoms with Crippen molar-refractivity contribution < 1.29 is 4.79 Å². The average Bonchev–Trinajstić information content (AvgIpc) is 2.42. The van der Waals surface area contributed by atoms with Crippen LogP contribution in [0.3, 0.4) is 0 Å². The zero-order valence-corrected chi connectivity index (χ0v) is 12.4. The van der Waals surface area contributed by atoms with Gasteiger partial charge in [-0.15, -0.1) is 0 Å². The van der Waals surface area contributed by atoms with Crippen LogP contribution in [0.2, 0.25) is 0 Å². The van der Waals surface area contributed by atoms with E-state index in [1.54, 1.807) is 0 Å². The van der Waals surface area contributed by atoms with Gasteiger partial charge in [0.1, 0.15) is 0 Å². The second-order valence-corrected chi connectivity index (χ2v) is 6.23. The number of benzene rings is 1. The number of hydrogen-bond donors (Lipinski definition) is 2. The molecule has 0 aliphatic heterocycles. The Hall–Kier alpha value is -1.35. The lowest BCUT2D eigenvalue weighted by Crippen LogP contribution is -2.43. The standard InChI is InChI=1S/C17H26N2O/c1-14(8-9-15-6-3-2-4-7-15)19-16(20)12-17(13-18)10-5-11-17/h2-4,6-7,14H,5,8-13,18H2,1H3,(H,19,20). The minimum Gasteiger partial charge on any atom is -0.354 e. The monoisotopic (exact) mass is 274 g/mol. The fourth-order valence-corrected chi connectivity index (χ4v) is 2.90. The van der Waals surface area contributed by atoms with E-state index < -0.39 is 0 Å². The minimum atomic E-state index is 0.100. The first-order chi connectivity index (χ1) is 9.63. The molecular formula is C17H26N2O. The Kier molecular flexibility index (Phi) is 5.18. The SMILES string of the molecule is CC(CCc1ccccc1)NC(=O)CC1(CN)CCC1. The summed E-state index contributed by atoms with van der Waals surface area (Å²) in [5, 5.41) is 3.11. The van der Waals surface area contributed by atoms with Gasteiger partial charge in [-0.3, -0.25) is 4.79 Å². The van der Waals surface area contributed by atoms with Crippen LogP contribution in [-0.4, -0.2) is 18.5 Å². The van der Waals surface area contributed by atoms with Crippen molar-refractivity contribution in [3.8, 4) is 0 Å². The number of aryl methyl sites for hydroxylation is 1. The molecule has 0 aromatic heterocycles. The maximum absolute atomic E-state index is 12.1. The molecule has 0 spiro atoms. The molecule has 3 heteroatoms. The molecule has 1 amide bonds. The van der Waals surface area contributed by atoms with Gasteiger partial charge in [-0.2, -0.15) is 0 Å². The van der Waals surface area contributed by atoms with Gasteiger partial charge in [0.25, 0.3) is 0 Å². The van der Waals surface area contributed by atoms with Crippen LogP contribution in [0.1, 0.15) is 44.6 Å². The van der Waals surface area contributed by atoms with E-state index in [1.165, 1.54) is 12.0 Å². The molecule has 0 heterocycles. The first-order valence-corrected chi connectivity index (χ1v) is 7.67. The third-order valence-electron chi connectivity index (χ3n) is 4.50. The maximum Gasteiger partial charge on any atom is 0.220 e. The van der Waals surface area contributed by atoms with Crippen LogP contribution in [0.15, 0.2) is 30.3 Å². The van der Waals surface area contributed by atoms with Gasteiger partial charge in [0.2, 0.25) is 5.91 Å². The van der Waals surface area contributed by atoms with Crippen molar-refractivity contribution in [3.05, 3.63) is 35.9 Å². The lowest BCUT2D eigenvalue weighted by atomic mass is 9.66. The topological polar surface area (TPSA) is 55.1 Å². The van der Waals surface area contributed by atoms with Gasteiger partial charge < -0.3 is 11.1 Å². The quantitative estimate of drug-likeness (QED) is 0.803. The largest absolute Gasteiger partial charge is 0.354 e. The molecule has 20 heavy (non-hydrogen) atoms. The Morgan fingerprint density at radius 1 is 1.35 bits per heavy atom. The van der Waals surface area contributed by atoms with Gasteiger partial charge in [0, 0.05) is 12.5 Å². The zero-order chi connectivity index (χ0) is 14.4. The molecule has 1 atom stereocenters. The molecule has 0 radical (unpaired) electrons. The van der Waals surface area contributed by atoms with E-state index in [0.29, 0.717) is 13.0 Å². The molecule has 1 fully saturated rings. The summed E-state index contributed by atoms with van der Waals surface area (Å²) in [6, 6.07) is 10.6. The molecule has 1 unspecified atom stereocenters. The Bertz CT molecular complexity index is 420.